The Kier molecular flexibility index (Phi) is 6.30. The van der Waals surface area contributed by atoms with Crippen molar-refractivity contribution in [1.82, 2.24) is 0 Å². The van der Waals surface area contributed by atoms with Crippen LogP contribution in [0.25, 0.3) is 0 Å². The van der Waals surface area contributed by atoms with Crippen LogP contribution in [0.1, 0.15) is 97.0 Å². The smallest absolute Gasteiger partial charge is 0.338 e. The van der Waals surface area contributed by atoms with E-state index in [9.17, 15) is 4.79 Å². The Bertz CT molecular complexity index is 556. The van der Waals surface area contributed by atoms with Crippen molar-refractivity contribution in [2.75, 3.05) is 0 Å². The van der Waals surface area contributed by atoms with Gasteiger partial charge in [0.05, 0.1) is 5.56 Å². The third-order valence-electron chi connectivity index (χ3n) is 4.61. The molecule has 0 aliphatic heterocycles. The minimum Gasteiger partial charge on any atom is -0.456 e. The molecule has 0 heterocycles. The lowest BCUT2D eigenvalue weighted by Crippen LogP contribution is -2.27. The van der Waals surface area contributed by atoms with E-state index >= 15 is 0 Å². The number of ether oxygens (including phenoxy) is 1. The first-order chi connectivity index (χ1) is 10.7. The van der Waals surface area contributed by atoms with Crippen LogP contribution in [0.5, 0.6) is 0 Å². The molecule has 0 bridgehead atoms. The highest BCUT2D eigenvalue weighted by atomic mass is 16.6. The summed E-state index contributed by atoms with van der Waals surface area (Å²) in [6.07, 6.45) is 1.88. The molecule has 1 rings (SSSR count). The van der Waals surface area contributed by atoms with E-state index in [4.69, 9.17) is 4.74 Å². The van der Waals surface area contributed by atoms with Gasteiger partial charge in [-0.1, -0.05) is 60.6 Å². The first-order valence-corrected chi connectivity index (χ1v) is 9.08. The zero-order valence-corrected chi connectivity index (χ0v) is 17.1. The predicted octanol–water partition coefficient (Wildman–Crippen LogP) is 6.60. The second-order valence-electron chi connectivity index (χ2n) is 9.81. The third-order valence-corrected chi connectivity index (χ3v) is 4.61. The van der Waals surface area contributed by atoms with Crippen molar-refractivity contribution >= 4 is 5.97 Å². The van der Waals surface area contributed by atoms with Crippen molar-refractivity contribution in [3.63, 3.8) is 0 Å². The minimum absolute atomic E-state index is 0.137. The van der Waals surface area contributed by atoms with Gasteiger partial charge in [0.2, 0.25) is 0 Å². The molecule has 2 nitrogen and oxygen atoms in total. The first kappa shape index (κ1) is 20.7. The molecule has 0 saturated heterocycles. The lowest BCUT2D eigenvalue weighted by atomic mass is 9.69. The molecule has 0 fully saturated rings. The molecular formula is C22H36O2. The van der Waals surface area contributed by atoms with Crippen LogP contribution < -0.4 is 0 Å². The fourth-order valence-electron chi connectivity index (χ4n) is 2.80. The molecule has 1 atom stereocenters. The summed E-state index contributed by atoms with van der Waals surface area (Å²) in [6, 6.07) is 8.00. The lowest BCUT2D eigenvalue weighted by Gasteiger charge is -2.36. The van der Waals surface area contributed by atoms with E-state index in [1.54, 1.807) is 0 Å². The first-order valence-electron chi connectivity index (χ1n) is 9.08. The molecule has 136 valence electrons. The summed E-state index contributed by atoms with van der Waals surface area (Å²) >= 11 is 0. The van der Waals surface area contributed by atoms with Crippen LogP contribution in [0, 0.1) is 10.8 Å². The average molecular weight is 333 g/mol. The molecule has 0 spiro atoms. The summed E-state index contributed by atoms with van der Waals surface area (Å²) in [5.41, 5.74) is 1.82. The molecule has 0 N–H and O–H groups in total. The highest BCUT2D eigenvalue weighted by molar-refractivity contribution is 5.89. The summed E-state index contributed by atoms with van der Waals surface area (Å²) in [5, 5.41) is 0. The molecule has 0 aliphatic rings. The molecule has 1 aromatic rings. The van der Waals surface area contributed by atoms with Gasteiger partial charge in [0.25, 0.3) is 0 Å². The molecule has 24 heavy (non-hydrogen) atoms. The highest BCUT2D eigenvalue weighted by Gasteiger charge is 2.31. The number of carbonyl (C=O) groups is 1. The van der Waals surface area contributed by atoms with Gasteiger partial charge < -0.3 is 4.74 Å². The maximum Gasteiger partial charge on any atom is 0.338 e. The standard InChI is InChI=1S/C22H36O2/c1-10-22(8,9)24-19(23)17-13-11-12-16(14-17)18(21(5,6)7)15-20(2,3)4/h11-14,18H,10,15H2,1-9H3. The molecule has 0 aliphatic carbocycles. The van der Waals surface area contributed by atoms with Gasteiger partial charge in [0, 0.05) is 0 Å². The molecule has 0 aromatic heterocycles. The van der Waals surface area contributed by atoms with Crippen molar-refractivity contribution in [2.45, 2.75) is 86.7 Å². The highest BCUT2D eigenvalue weighted by Crippen LogP contribution is 2.43. The molecular weight excluding hydrogens is 296 g/mol. The lowest BCUT2D eigenvalue weighted by molar-refractivity contribution is -0.00246. The van der Waals surface area contributed by atoms with E-state index in [0.29, 0.717) is 11.5 Å². The molecule has 0 saturated carbocycles. The quantitative estimate of drug-likeness (QED) is 0.568. The van der Waals surface area contributed by atoms with Gasteiger partial charge in [-0.2, -0.15) is 0 Å². The normalized spacial score (nSPS) is 14.4. The van der Waals surface area contributed by atoms with Crippen LogP contribution in [0.4, 0.5) is 0 Å². The van der Waals surface area contributed by atoms with Crippen LogP contribution in [0.2, 0.25) is 0 Å². The third kappa shape index (κ3) is 6.30. The summed E-state index contributed by atoms with van der Waals surface area (Å²) in [7, 11) is 0. The molecule has 1 aromatic carbocycles. The Balaban J connectivity index is 3.14. The number of rotatable bonds is 5. The Labute approximate surface area is 149 Å². The predicted molar refractivity (Wildman–Crippen MR) is 102 cm³/mol. The average Bonchev–Trinajstić information content (AvgIpc) is 2.42. The summed E-state index contributed by atoms with van der Waals surface area (Å²) in [6.45, 7) is 19.6. The maximum atomic E-state index is 12.5. The van der Waals surface area contributed by atoms with Gasteiger partial charge in [-0.15, -0.1) is 0 Å². The van der Waals surface area contributed by atoms with E-state index in [1.165, 1.54) is 5.56 Å². The van der Waals surface area contributed by atoms with Crippen molar-refractivity contribution in [3.05, 3.63) is 35.4 Å². The van der Waals surface area contributed by atoms with Gasteiger partial charge in [0.1, 0.15) is 5.60 Å². The summed E-state index contributed by atoms with van der Waals surface area (Å²) in [5.74, 6) is 0.163. The van der Waals surface area contributed by atoms with Gasteiger partial charge in [-0.25, -0.2) is 4.79 Å². The SMILES string of the molecule is CCC(C)(C)OC(=O)c1cccc(C(CC(C)(C)C)C(C)(C)C)c1. The minimum atomic E-state index is -0.429. The number of hydrogen-bond acceptors (Lipinski definition) is 2. The molecule has 2 heteroatoms. The monoisotopic (exact) mass is 332 g/mol. The Morgan fingerprint density at radius 2 is 1.62 bits per heavy atom. The van der Waals surface area contributed by atoms with Gasteiger partial charge >= 0.3 is 5.97 Å². The number of carbonyl (C=O) groups excluding carboxylic acids is 1. The van der Waals surface area contributed by atoms with E-state index in [-0.39, 0.29) is 16.8 Å². The summed E-state index contributed by atoms with van der Waals surface area (Å²) in [4.78, 5) is 12.5. The fraction of sp³-hybridized carbons (Fsp3) is 0.682. The summed E-state index contributed by atoms with van der Waals surface area (Å²) < 4.78 is 5.66. The van der Waals surface area contributed by atoms with Crippen LogP contribution in [0.15, 0.2) is 24.3 Å². The Hall–Kier alpha value is -1.31. The Morgan fingerprint density at radius 3 is 2.08 bits per heavy atom. The second kappa shape index (κ2) is 7.29. The van der Waals surface area contributed by atoms with Gasteiger partial charge in [0.15, 0.2) is 0 Å². The van der Waals surface area contributed by atoms with Crippen LogP contribution in [0.3, 0.4) is 0 Å². The van der Waals surface area contributed by atoms with E-state index in [2.05, 4.69) is 47.6 Å². The van der Waals surface area contributed by atoms with Crippen molar-refractivity contribution in [1.29, 1.82) is 0 Å². The fourth-order valence-corrected chi connectivity index (χ4v) is 2.80. The molecule has 1 unspecified atom stereocenters. The van der Waals surface area contributed by atoms with Gasteiger partial charge in [-0.3, -0.25) is 0 Å². The van der Waals surface area contributed by atoms with E-state index in [0.717, 1.165) is 12.8 Å². The number of hydrogen-bond donors (Lipinski definition) is 0. The van der Waals surface area contributed by atoms with E-state index < -0.39 is 5.60 Å². The van der Waals surface area contributed by atoms with Crippen LogP contribution in [-0.2, 0) is 4.74 Å². The number of esters is 1. The van der Waals surface area contributed by atoms with Crippen molar-refractivity contribution < 1.29 is 9.53 Å². The van der Waals surface area contributed by atoms with Crippen LogP contribution in [-0.4, -0.2) is 11.6 Å². The zero-order valence-electron chi connectivity index (χ0n) is 17.1. The largest absolute Gasteiger partial charge is 0.456 e. The Morgan fingerprint density at radius 1 is 1.04 bits per heavy atom. The molecule has 0 radical (unpaired) electrons. The topological polar surface area (TPSA) is 26.3 Å². The second-order valence-corrected chi connectivity index (χ2v) is 9.81. The van der Waals surface area contributed by atoms with Crippen molar-refractivity contribution in [2.24, 2.45) is 10.8 Å². The van der Waals surface area contributed by atoms with Crippen molar-refractivity contribution in [3.8, 4) is 0 Å². The maximum absolute atomic E-state index is 12.5. The van der Waals surface area contributed by atoms with Crippen LogP contribution >= 0.6 is 0 Å². The van der Waals surface area contributed by atoms with Gasteiger partial charge in [-0.05, 0) is 61.1 Å². The number of benzene rings is 1. The van der Waals surface area contributed by atoms with E-state index in [1.807, 2.05) is 39.0 Å². The zero-order chi connectivity index (χ0) is 18.8. The molecule has 0 amide bonds.